The number of rotatable bonds is 3. The average molecular weight is 241 g/mol. The molecule has 2 rings (SSSR count). The fraction of sp³-hybridized carbons (Fsp3) is 0.833. The molecule has 0 bridgehead atoms. The molecule has 3 unspecified atom stereocenters. The van der Waals surface area contributed by atoms with Crippen LogP contribution in [0.1, 0.15) is 33.1 Å². The predicted octanol–water partition coefficient (Wildman–Crippen LogP) is 0.781. The molecule has 0 aromatic carbocycles. The lowest BCUT2D eigenvalue weighted by molar-refractivity contribution is -0.140. The Morgan fingerprint density at radius 2 is 2.06 bits per heavy atom. The standard InChI is InChI=1S/C12H19NO4/c1-12(2)6-7(3-4-17-12)13-10(14)8-5-9(8)11(15)16/h7-9H,3-6H2,1-2H3,(H,13,14)(H,15,16). The van der Waals surface area contributed by atoms with Gasteiger partial charge in [-0.3, -0.25) is 9.59 Å². The number of carboxylic acids is 1. The van der Waals surface area contributed by atoms with Gasteiger partial charge in [-0.25, -0.2) is 0 Å². The maximum absolute atomic E-state index is 11.8. The van der Waals surface area contributed by atoms with Gasteiger partial charge < -0.3 is 15.2 Å². The van der Waals surface area contributed by atoms with E-state index in [4.69, 9.17) is 9.84 Å². The maximum atomic E-state index is 11.8. The summed E-state index contributed by atoms with van der Waals surface area (Å²) in [7, 11) is 0. The molecular formula is C12H19NO4. The van der Waals surface area contributed by atoms with Gasteiger partial charge in [0, 0.05) is 12.6 Å². The third-order valence-corrected chi connectivity index (χ3v) is 3.49. The summed E-state index contributed by atoms with van der Waals surface area (Å²) in [5.74, 6) is -1.76. The topological polar surface area (TPSA) is 75.6 Å². The van der Waals surface area contributed by atoms with Gasteiger partial charge in [0.25, 0.3) is 0 Å². The Balaban J connectivity index is 1.82. The number of hydrogen-bond donors (Lipinski definition) is 2. The van der Waals surface area contributed by atoms with Gasteiger partial charge in [-0.2, -0.15) is 0 Å². The molecule has 2 fully saturated rings. The first-order valence-electron chi connectivity index (χ1n) is 6.06. The van der Waals surface area contributed by atoms with Crippen molar-refractivity contribution in [3.8, 4) is 0 Å². The lowest BCUT2D eigenvalue weighted by Crippen LogP contribution is -2.46. The molecule has 5 nitrogen and oxygen atoms in total. The Hall–Kier alpha value is -1.10. The smallest absolute Gasteiger partial charge is 0.307 e. The Kier molecular flexibility index (Phi) is 3.12. The summed E-state index contributed by atoms with van der Waals surface area (Å²) in [5, 5.41) is 11.7. The summed E-state index contributed by atoms with van der Waals surface area (Å²) < 4.78 is 5.57. The van der Waals surface area contributed by atoms with Gasteiger partial charge in [-0.05, 0) is 33.1 Å². The van der Waals surface area contributed by atoms with Gasteiger partial charge in [0.2, 0.25) is 5.91 Å². The van der Waals surface area contributed by atoms with Crippen molar-refractivity contribution >= 4 is 11.9 Å². The average Bonchev–Trinajstić information content (AvgIpc) is 2.94. The highest BCUT2D eigenvalue weighted by Crippen LogP contribution is 2.39. The zero-order chi connectivity index (χ0) is 12.6. The molecule has 96 valence electrons. The van der Waals surface area contributed by atoms with Crippen molar-refractivity contribution in [1.82, 2.24) is 5.32 Å². The maximum Gasteiger partial charge on any atom is 0.307 e. The van der Waals surface area contributed by atoms with Gasteiger partial charge in [0.1, 0.15) is 0 Å². The molecule has 1 saturated heterocycles. The lowest BCUT2D eigenvalue weighted by Gasteiger charge is -2.35. The second-order valence-corrected chi connectivity index (χ2v) is 5.59. The molecule has 1 saturated carbocycles. The molecule has 1 heterocycles. The van der Waals surface area contributed by atoms with Crippen molar-refractivity contribution in [1.29, 1.82) is 0 Å². The van der Waals surface area contributed by atoms with Crippen molar-refractivity contribution in [3.63, 3.8) is 0 Å². The Labute approximate surface area is 101 Å². The Morgan fingerprint density at radius 3 is 2.59 bits per heavy atom. The van der Waals surface area contributed by atoms with Crippen molar-refractivity contribution in [3.05, 3.63) is 0 Å². The third kappa shape index (κ3) is 2.97. The fourth-order valence-corrected chi connectivity index (χ4v) is 2.42. The van der Waals surface area contributed by atoms with Crippen molar-refractivity contribution < 1.29 is 19.4 Å². The van der Waals surface area contributed by atoms with Crippen LogP contribution in [-0.4, -0.2) is 35.2 Å². The van der Waals surface area contributed by atoms with E-state index in [9.17, 15) is 9.59 Å². The molecule has 17 heavy (non-hydrogen) atoms. The zero-order valence-electron chi connectivity index (χ0n) is 10.2. The molecule has 0 aromatic heterocycles. The number of ether oxygens (including phenoxy) is 1. The first-order valence-corrected chi connectivity index (χ1v) is 6.06. The molecule has 3 atom stereocenters. The Morgan fingerprint density at radius 1 is 1.35 bits per heavy atom. The van der Waals surface area contributed by atoms with Crippen LogP contribution in [-0.2, 0) is 14.3 Å². The van der Waals surface area contributed by atoms with Crippen LogP contribution in [0.2, 0.25) is 0 Å². The van der Waals surface area contributed by atoms with Gasteiger partial charge in [0.05, 0.1) is 17.4 Å². The summed E-state index contributed by atoms with van der Waals surface area (Å²) in [6.07, 6.45) is 2.07. The van der Waals surface area contributed by atoms with E-state index < -0.39 is 11.9 Å². The predicted molar refractivity (Wildman–Crippen MR) is 60.4 cm³/mol. The molecule has 0 spiro atoms. The van der Waals surface area contributed by atoms with Gasteiger partial charge in [-0.15, -0.1) is 0 Å². The van der Waals surface area contributed by atoms with Crippen LogP contribution in [0.25, 0.3) is 0 Å². The number of amides is 1. The third-order valence-electron chi connectivity index (χ3n) is 3.49. The highest BCUT2D eigenvalue weighted by Gasteiger charge is 2.48. The molecule has 2 N–H and O–H groups in total. The quantitative estimate of drug-likeness (QED) is 0.765. The molecule has 2 aliphatic rings. The van der Waals surface area contributed by atoms with E-state index in [0.29, 0.717) is 13.0 Å². The van der Waals surface area contributed by atoms with Crippen LogP contribution in [0.5, 0.6) is 0 Å². The van der Waals surface area contributed by atoms with Crippen LogP contribution in [0, 0.1) is 11.8 Å². The summed E-state index contributed by atoms with van der Waals surface area (Å²) in [6.45, 7) is 4.65. The molecule has 5 heteroatoms. The van der Waals surface area contributed by atoms with Crippen LogP contribution in [0.3, 0.4) is 0 Å². The van der Waals surface area contributed by atoms with E-state index in [1.165, 1.54) is 0 Å². The monoisotopic (exact) mass is 241 g/mol. The minimum atomic E-state index is -0.863. The van der Waals surface area contributed by atoms with E-state index in [1.807, 2.05) is 13.8 Å². The number of nitrogens with one attached hydrogen (secondary N) is 1. The fourth-order valence-electron chi connectivity index (χ4n) is 2.42. The summed E-state index contributed by atoms with van der Waals surface area (Å²) >= 11 is 0. The first-order chi connectivity index (χ1) is 7.89. The minimum absolute atomic E-state index is 0.111. The second-order valence-electron chi connectivity index (χ2n) is 5.59. The lowest BCUT2D eigenvalue weighted by atomic mass is 9.94. The minimum Gasteiger partial charge on any atom is -0.481 e. The zero-order valence-corrected chi connectivity index (χ0v) is 10.2. The number of carbonyl (C=O) groups excluding carboxylic acids is 1. The molecule has 1 amide bonds. The van der Waals surface area contributed by atoms with E-state index in [0.717, 1.165) is 12.8 Å². The van der Waals surface area contributed by atoms with Crippen LogP contribution >= 0.6 is 0 Å². The number of aliphatic carboxylic acids is 1. The molecular weight excluding hydrogens is 222 g/mol. The summed E-state index contributed by atoms with van der Waals surface area (Å²) in [5.41, 5.74) is -0.202. The van der Waals surface area contributed by atoms with Gasteiger partial charge in [-0.1, -0.05) is 0 Å². The highest BCUT2D eigenvalue weighted by molar-refractivity contribution is 5.89. The summed E-state index contributed by atoms with van der Waals surface area (Å²) in [4.78, 5) is 22.5. The van der Waals surface area contributed by atoms with Crippen LogP contribution < -0.4 is 5.32 Å². The second kappa shape index (κ2) is 4.29. The molecule has 0 radical (unpaired) electrons. The molecule has 0 aromatic rings. The van der Waals surface area contributed by atoms with Gasteiger partial charge >= 0.3 is 5.97 Å². The van der Waals surface area contributed by atoms with Crippen molar-refractivity contribution in [2.24, 2.45) is 11.8 Å². The van der Waals surface area contributed by atoms with Crippen molar-refractivity contribution in [2.75, 3.05) is 6.61 Å². The normalized spacial score (nSPS) is 35.1. The summed E-state index contributed by atoms with van der Waals surface area (Å²) in [6, 6.07) is 0.112. The Bertz CT molecular complexity index is 339. The molecule has 1 aliphatic heterocycles. The largest absolute Gasteiger partial charge is 0.481 e. The first kappa shape index (κ1) is 12.4. The SMILES string of the molecule is CC1(C)CC(NC(=O)C2CC2C(=O)O)CCO1. The van der Waals surface area contributed by atoms with E-state index in [1.54, 1.807) is 0 Å². The highest BCUT2D eigenvalue weighted by atomic mass is 16.5. The number of carboxylic acid groups (broad SMARTS) is 1. The van der Waals surface area contributed by atoms with E-state index in [2.05, 4.69) is 5.32 Å². The molecule has 1 aliphatic carbocycles. The number of carbonyl (C=O) groups is 2. The van der Waals surface area contributed by atoms with E-state index in [-0.39, 0.29) is 23.5 Å². The van der Waals surface area contributed by atoms with Crippen molar-refractivity contribution in [2.45, 2.75) is 44.8 Å². The van der Waals surface area contributed by atoms with Gasteiger partial charge in [0.15, 0.2) is 0 Å². The number of hydrogen-bond acceptors (Lipinski definition) is 3. The van der Waals surface area contributed by atoms with Crippen LogP contribution in [0.15, 0.2) is 0 Å². The van der Waals surface area contributed by atoms with E-state index >= 15 is 0 Å². The van der Waals surface area contributed by atoms with Crippen LogP contribution in [0.4, 0.5) is 0 Å².